The molecule has 0 saturated heterocycles. The van der Waals surface area contributed by atoms with E-state index in [-0.39, 0.29) is 12.2 Å². The lowest BCUT2D eigenvalue weighted by Gasteiger charge is -2.04. The topological polar surface area (TPSA) is 57.5 Å². The van der Waals surface area contributed by atoms with E-state index >= 15 is 0 Å². The van der Waals surface area contributed by atoms with Crippen molar-refractivity contribution in [3.05, 3.63) is 35.9 Å². The van der Waals surface area contributed by atoms with Crippen LogP contribution < -0.4 is 0 Å². The first kappa shape index (κ1) is 11.3. The van der Waals surface area contributed by atoms with Crippen LogP contribution in [0.5, 0.6) is 5.75 Å². The van der Waals surface area contributed by atoms with Crippen LogP contribution in [0, 0.1) is 0 Å². The first-order valence-electron chi connectivity index (χ1n) is 4.83. The van der Waals surface area contributed by atoms with Crippen LogP contribution in [0.3, 0.4) is 0 Å². The van der Waals surface area contributed by atoms with Gasteiger partial charge in [0.1, 0.15) is 5.75 Å². The summed E-state index contributed by atoms with van der Waals surface area (Å²) in [6.45, 7) is 1.97. The van der Waals surface area contributed by atoms with Gasteiger partial charge in [0.05, 0.1) is 6.42 Å². The lowest BCUT2D eigenvalue weighted by atomic mass is 10.0. The lowest BCUT2D eigenvalue weighted by Crippen LogP contribution is -1.92. The highest BCUT2D eigenvalue weighted by atomic mass is 16.4. The number of allylic oxidation sites excluding steroid dienone is 1. The number of phenolic OH excluding ortho intramolecular Hbond substituents is 1. The van der Waals surface area contributed by atoms with E-state index in [1.54, 1.807) is 30.3 Å². The van der Waals surface area contributed by atoms with Crippen molar-refractivity contribution in [3.8, 4) is 5.75 Å². The molecular formula is C12H14O3. The zero-order chi connectivity index (χ0) is 11.3. The summed E-state index contributed by atoms with van der Waals surface area (Å²) in [4.78, 5) is 10.4. The maximum Gasteiger partial charge on any atom is 0.307 e. The van der Waals surface area contributed by atoms with Gasteiger partial charge >= 0.3 is 5.97 Å². The monoisotopic (exact) mass is 206 g/mol. The SMILES string of the molecule is CC/C(=C\CC(=O)O)c1ccc(O)cc1. The molecule has 0 bridgehead atoms. The van der Waals surface area contributed by atoms with Gasteiger partial charge in [0.25, 0.3) is 0 Å². The van der Waals surface area contributed by atoms with Gasteiger partial charge in [0.2, 0.25) is 0 Å². The molecule has 80 valence electrons. The highest BCUT2D eigenvalue weighted by Gasteiger charge is 2.00. The number of hydrogen-bond donors (Lipinski definition) is 2. The second-order valence-corrected chi connectivity index (χ2v) is 3.23. The van der Waals surface area contributed by atoms with Gasteiger partial charge in [-0.25, -0.2) is 0 Å². The molecule has 0 spiro atoms. The number of carboxylic acid groups (broad SMARTS) is 1. The number of aliphatic carboxylic acids is 1. The molecule has 3 heteroatoms. The Labute approximate surface area is 88.7 Å². The molecule has 1 aromatic carbocycles. The molecule has 0 unspecified atom stereocenters. The zero-order valence-electron chi connectivity index (χ0n) is 8.60. The Balaban J connectivity index is 2.87. The molecule has 1 aromatic rings. The number of phenols is 1. The van der Waals surface area contributed by atoms with Crippen molar-refractivity contribution in [2.45, 2.75) is 19.8 Å². The van der Waals surface area contributed by atoms with Crippen molar-refractivity contribution in [1.82, 2.24) is 0 Å². The van der Waals surface area contributed by atoms with Gasteiger partial charge in [-0.05, 0) is 29.7 Å². The van der Waals surface area contributed by atoms with Crippen LogP contribution in [-0.2, 0) is 4.79 Å². The highest BCUT2D eigenvalue weighted by molar-refractivity contribution is 5.74. The second-order valence-electron chi connectivity index (χ2n) is 3.23. The Kier molecular flexibility index (Phi) is 3.92. The van der Waals surface area contributed by atoms with E-state index in [0.29, 0.717) is 0 Å². The summed E-state index contributed by atoms with van der Waals surface area (Å²) in [6, 6.07) is 6.76. The molecule has 0 aromatic heterocycles. The van der Waals surface area contributed by atoms with Gasteiger partial charge in [-0.2, -0.15) is 0 Å². The minimum atomic E-state index is -0.834. The molecule has 0 saturated carbocycles. The Bertz CT molecular complexity index is 363. The fraction of sp³-hybridized carbons (Fsp3) is 0.250. The molecule has 0 heterocycles. The third-order valence-electron chi connectivity index (χ3n) is 2.14. The molecule has 15 heavy (non-hydrogen) atoms. The second kappa shape index (κ2) is 5.20. The number of carbonyl (C=O) groups is 1. The third kappa shape index (κ3) is 3.46. The highest BCUT2D eigenvalue weighted by Crippen LogP contribution is 2.20. The average Bonchev–Trinajstić information content (AvgIpc) is 2.21. The molecule has 0 atom stereocenters. The van der Waals surface area contributed by atoms with Gasteiger partial charge in [0, 0.05) is 0 Å². The van der Waals surface area contributed by atoms with Gasteiger partial charge in [-0.1, -0.05) is 25.1 Å². The standard InChI is InChI=1S/C12H14O3/c1-2-9(5-8-12(14)15)10-3-6-11(13)7-4-10/h3-7,13H,2,8H2,1H3,(H,14,15)/b9-5+. The normalized spacial score (nSPS) is 11.4. The third-order valence-corrected chi connectivity index (χ3v) is 2.14. The van der Waals surface area contributed by atoms with Crippen LogP contribution in [0.15, 0.2) is 30.3 Å². The number of hydrogen-bond acceptors (Lipinski definition) is 2. The maximum absolute atomic E-state index is 10.4. The van der Waals surface area contributed by atoms with E-state index < -0.39 is 5.97 Å². The van der Waals surface area contributed by atoms with Crippen molar-refractivity contribution in [1.29, 1.82) is 0 Å². The van der Waals surface area contributed by atoms with E-state index in [4.69, 9.17) is 10.2 Å². The van der Waals surface area contributed by atoms with Crippen LogP contribution in [0.4, 0.5) is 0 Å². The summed E-state index contributed by atoms with van der Waals surface area (Å²) in [5.41, 5.74) is 1.94. The summed E-state index contributed by atoms with van der Waals surface area (Å²) in [5, 5.41) is 17.7. The Morgan fingerprint density at radius 1 is 1.33 bits per heavy atom. The fourth-order valence-electron chi connectivity index (χ4n) is 1.35. The van der Waals surface area contributed by atoms with E-state index in [0.717, 1.165) is 17.6 Å². The minimum absolute atomic E-state index is 0.0318. The van der Waals surface area contributed by atoms with Gasteiger partial charge in [0.15, 0.2) is 0 Å². The number of benzene rings is 1. The van der Waals surface area contributed by atoms with Gasteiger partial charge in [-0.3, -0.25) is 4.79 Å². The summed E-state index contributed by atoms with van der Waals surface area (Å²) < 4.78 is 0. The van der Waals surface area contributed by atoms with Crippen molar-refractivity contribution < 1.29 is 15.0 Å². The lowest BCUT2D eigenvalue weighted by molar-refractivity contribution is -0.135. The summed E-state index contributed by atoms with van der Waals surface area (Å²) in [5.74, 6) is -0.618. The number of aromatic hydroxyl groups is 1. The fourth-order valence-corrected chi connectivity index (χ4v) is 1.35. The molecular weight excluding hydrogens is 192 g/mol. The van der Waals surface area contributed by atoms with E-state index in [9.17, 15) is 4.79 Å². The molecule has 0 aliphatic heterocycles. The van der Waals surface area contributed by atoms with E-state index in [2.05, 4.69) is 0 Å². The molecule has 0 aliphatic carbocycles. The molecule has 0 radical (unpaired) electrons. The van der Waals surface area contributed by atoms with Gasteiger partial charge < -0.3 is 10.2 Å². The maximum atomic E-state index is 10.4. The quantitative estimate of drug-likeness (QED) is 0.796. The van der Waals surface area contributed by atoms with Crippen molar-refractivity contribution in [2.24, 2.45) is 0 Å². The average molecular weight is 206 g/mol. The minimum Gasteiger partial charge on any atom is -0.508 e. The summed E-state index contributed by atoms with van der Waals surface area (Å²) >= 11 is 0. The molecule has 0 fully saturated rings. The Hall–Kier alpha value is -1.77. The number of carboxylic acids is 1. The molecule has 0 aliphatic rings. The number of rotatable bonds is 4. The van der Waals surface area contributed by atoms with Crippen LogP contribution in [0.1, 0.15) is 25.3 Å². The van der Waals surface area contributed by atoms with Crippen molar-refractivity contribution in [3.63, 3.8) is 0 Å². The first-order valence-corrected chi connectivity index (χ1v) is 4.83. The first-order chi connectivity index (χ1) is 7.13. The largest absolute Gasteiger partial charge is 0.508 e. The van der Waals surface area contributed by atoms with Crippen LogP contribution >= 0.6 is 0 Å². The Morgan fingerprint density at radius 3 is 2.40 bits per heavy atom. The van der Waals surface area contributed by atoms with Crippen molar-refractivity contribution >= 4 is 11.5 Å². The van der Waals surface area contributed by atoms with Gasteiger partial charge in [-0.15, -0.1) is 0 Å². The van der Waals surface area contributed by atoms with Crippen LogP contribution in [0.2, 0.25) is 0 Å². The van der Waals surface area contributed by atoms with E-state index in [1.807, 2.05) is 6.92 Å². The molecule has 3 nitrogen and oxygen atoms in total. The predicted octanol–water partition coefficient (Wildman–Crippen LogP) is 2.66. The summed E-state index contributed by atoms with van der Waals surface area (Å²) in [6.07, 6.45) is 2.51. The predicted molar refractivity (Wildman–Crippen MR) is 58.6 cm³/mol. The molecule has 1 rings (SSSR count). The van der Waals surface area contributed by atoms with Crippen LogP contribution in [0.25, 0.3) is 5.57 Å². The molecule has 2 N–H and O–H groups in total. The summed E-state index contributed by atoms with van der Waals surface area (Å²) in [7, 11) is 0. The smallest absolute Gasteiger partial charge is 0.307 e. The van der Waals surface area contributed by atoms with Crippen LogP contribution in [-0.4, -0.2) is 16.2 Å². The molecule has 0 amide bonds. The van der Waals surface area contributed by atoms with E-state index in [1.165, 1.54) is 0 Å². The Morgan fingerprint density at radius 2 is 1.93 bits per heavy atom. The van der Waals surface area contributed by atoms with Crippen molar-refractivity contribution in [2.75, 3.05) is 0 Å². The zero-order valence-corrected chi connectivity index (χ0v) is 8.60.